The van der Waals surface area contributed by atoms with E-state index in [4.69, 9.17) is 10.4 Å². The summed E-state index contributed by atoms with van der Waals surface area (Å²) >= 11 is 0. The monoisotopic (exact) mass is 274 g/mol. The van der Waals surface area contributed by atoms with E-state index in [-0.39, 0.29) is 18.9 Å². The Bertz CT molecular complexity index is 440. The van der Waals surface area contributed by atoms with E-state index < -0.39 is 27.2 Å². The van der Waals surface area contributed by atoms with Gasteiger partial charge < -0.3 is 5.11 Å². The highest BCUT2D eigenvalue weighted by molar-refractivity contribution is 7.90. The summed E-state index contributed by atoms with van der Waals surface area (Å²) in [4.78, 5) is 11.0. The van der Waals surface area contributed by atoms with Crippen molar-refractivity contribution in [3.05, 3.63) is 0 Å². The van der Waals surface area contributed by atoms with Crippen molar-refractivity contribution >= 4 is 16.0 Å². The molecule has 0 aliphatic heterocycles. The molecule has 102 valence electrons. The molecule has 0 aromatic carbocycles. The summed E-state index contributed by atoms with van der Waals surface area (Å²) in [6, 6.07) is 1.73. The Labute approximate surface area is 107 Å². The molecule has 0 saturated heterocycles. The molecule has 0 aromatic rings. The SMILES string of the molecule is CCC(C#N)S(=O)(=O)NCC1CCCC1C(=O)O. The summed E-state index contributed by atoms with van der Waals surface area (Å²) in [5.41, 5.74) is 0. The van der Waals surface area contributed by atoms with Gasteiger partial charge in [-0.05, 0) is 25.2 Å². The number of sulfonamides is 1. The van der Waals surface area contributed by atoms with Crippen molar-refractivity contribution < 1.29 is 18.3 Å². The molecule has 0 aromatic heterocycles. The molecule has 0 radical (unpaired) electrons. The van der Waals surface area contributed by atoms with Gasteiger partial charge in [-0.15, -0.1) is 0 Å². The maximum Gasteiger partial charge on any atom is 0.306 e. The van der Waals surface area contributed by atoms with E-state index in [0.29, 0.717) is 12.8 Å². The molecule has 2 N–H and O–H groups in total. The highest BCUT2D eigenvalue weighted by Crippen LogP contribution is 2.31. The molecule has 0 heterocycles. The Kier molecular flexibility index (Phi) is 5.11. The van der Waals surface area contributed by atoms with Crippen LogP contribution < -0.4 is 4.72 Å². The van der Waals surface area contributed by atoms with Crippen LogP contribution in [0.15, 0.2) is 0 Å². The average Bonchev–Trinajstić information content (AvgIpc) is 2.76. The van der Waals surface area contributed by atoms with Crippen molar-refractivity contribution in [2.75, 3.05) is 6.54 Å². The zero-order valence-corrected chi connectivity index (χ0v) is 11.1. The number of carbonyl (C=O) groups is 1. The number of nitrogens with one attached hydrogen (secondary N) is 1. The first-order valence-corrected chi connectivity index (χ1v) is 7.58. The van der Waals surface area contributed by atoms with Gasteiger partial charge in [-0.3, -0.25) is 4.79 Å². The molecule has 0 spiro atoms. The van der Waals surface area contributed by atoms with Crippen LogP contribution in [-0.2, 0) is 14.8 Å². The molecule has 0 amide bonds. The predicted molar refractivity (Wildman–Crippen MR) is 65.1 cm³/mol. The van der Waals surface area contributed by atoms with Gasteiger partial charge >= 0.3 is 5.97 Å². The van der Waals surface area contributed by atoms with Crippen LogP contribution in [-0.4, -0.2) is 31.3 Å². The van der Waals surface area contributed by atoms with Crippen LogP contribution >= 0.6 is 0 Å². The van der Waals surface area contributed by atoms with Crippen molar-refractivity contribution in [3.8, 4) is 6.07 Å². The number of nitriles is 1. The quantitative estimate of drug-likeness (QED) is 0.741. The summed E-state index contributed by atoms with van der Waals surface area (Å²) < 4.78 is 25.9. The fourth-order valence-corrected chi connectivity index (χ4v) is 3.54. The summed E-state index contributed by atoms with van der Waals surface area (Å²) in [5, 5.41) is 16.6. The van der Waals surface area contributed by atoms with Gasteiger partial charge in [0.2, 0.25) is 10.0 Å². The Balaban J connectivity index is 2.60. The zero-order chi connectivity index (χ0) is 13.8. The molecule has 6 nitrogen and oxygen atoms in total. The number of nitrogens with zero attached hydrogens (tertiary/aromatic N) is 1. The summed E-state index contributed by atoms with van der Waals surface area (Å²) in [7, 11) is -3.66. The molecular weight excluding hydrogens is 256 g/mol. The van der Waals surface area contributed by atoms with Crippen molar-refractivity contribution in [1.29, 1.82) is 5.26 Å². The molecule has 3 unspecified atom stereocenters. The minimum absolute atomic E-state index is 0.109. The molecule has 1 aliphatic rings. The van der Waals surface area contributed by atoms with Crippen LogP contribution in [0, 0.1) is 23.2 Å². The first-order chi connectivity index (χ1) is 8.42. The summed E-state index contributed by atoms with van der Waals surface area (Å²) in [6.07, 6.45) is 2.33. The Hall–Kier alpha value is -1.13. The maximum absolute atomic E-state index is 11.7. The third-order valence-electron chi connectivity index (χ3n) is 3.41. The summed E-state index contributed by atoms with van der Waals surface area (Å²) in [6.45, 7) is 1.74. The lowest BCUT2D eigenvalue weighted by Crippen LogP contribution is -2.38. The molecule has 3 atom stereocenters. The van der Waals surface area contributed by atoms with Gasteiger partial charge in [0.1, 0.15) is 0 Å². The largest absolute Gasteiger partial charge is 0.481 e. The number of carboxylic acid groups (broad SMARTS) is 1. The van der Waals surface area contributed by atoms with Crippen molar-refractivity contribution in [1.82, 2.24) is 4.72 Å². The van der Waals surface area contributed by atoms with Crippen LogP contribution in [0.25, 0.3) is 0 Å². The maximum atomic E-state index is 11.7. The Morgan fingerprint density at radius 1 is 1.56 bits per heavy atom. The molecule has 1 fully saturated rings. The van der Waals surface area contributed by atoms with Gasteiger partial charge in [0, 0.05) is 6.54 Å². The van der Waals surface area contributed by atoms with Crippen molar-refractivity contribution in [2.45, 2.75) is 37.9 Å². The topological polar surface area (TPSA) is 107 Å². The number of hydrogen-bond acceptors (Lipinski definition) is 4. The highest BCUT2D eigenvalue weighted by atomic mass is 32.2. The molecular formula is C11H18N2O4S. The number of rotatable bonds is 6. The number of aliphatic carboxylic acids is 1. The van der Waals surface area contributed by atoms with Crippen LogP contribution in [0.5, 0.6) is 0 Å². The van der Waals surface area contributed by atoms with E-state index in [0.717, 1.165) is 6.42 Å². The average molecular weight is 274 g/mol. The van der Waals surface area contributed by atoms with Crippen LogP contribution in [0.1, 0.15) is 32.6 Å². The van der Waals surface area contributed by atoms with E-state index in [2.05, 4.69) is 4.72 Å². The van der Waals surface area contributed by atoms with Crippen LogP contribution in [0.3, 0.4) is 0 Å². The van der Waals surface area contributed by atoms with E-state index in [1.54, 1.807) is 13.0 Å². The fraction of sp³-hybridized carbons (Fsp3) is 0.818. The second kappa shape index (κ2) is 6.16. The van der Waals surface area contributed by atoms with Gasteiger partial charge in [0.15, 0.2) is 5.25 Å². The lowest BCUT2D eigenvalue weighted by molar-refractivity contribution is -0.142. The normalized spacial score (nSPS) is 25.6. The molecule has 1 aliphatic carbocycles. The fourth-order valence-electron chi connectivity index (χ4n) is 2.31. The minimum atomic E-state index is -3.66. The van der Waals surface area contributed by atoms with E-state index in [9.17, 15) is 13.2 Å². The lowest BCUT2D eigenvalue weighted by atomic mass is 9.97. The first-order valence-electron chi connectivity index (χ1n) is 6.03. The van der Waals surface area contributed by atoms with Gasteiger partial charge in [-0.2, -0.15) is 5.26 Å². The molecule has 18 heavy (non-hydrogen) atoms. The van der Waals surface area contributed by atoms with Crippen molar-refractivity contribution in [3.63, 3.8) is 0 Å². The first kappa shape index (κ1) is 14.9. The molecule has 7 heteroatoms. The van der Waals surface area contributed by atoms with E-state index in [1.807, 2.05) is 0 Å². The number of carboxylic acids is 1. The van der Waals surface area contributed by atoms with E-state index in [1.165, 1.54) is 0 Å². The third-order valence-corrected chi connectivity index (χ3v) is 5.17. The standard InChI is InChI=1S/C11H18N2O4S/c1-2-9(6-12)18(16,17)13-7-8-4-3-5-10(8)11(14)15/h8-10,13H,2-5,7H2,1H3,(H,14,15). The summed E-state index contributed by atoms with van der Waals surface area (Å²) in [5.74, 6) is -1.52. The predicted octanol–water partition coefficient (Wildman–Crippen LogP) is 0.709. The number of hydrogen-bond donors (Lipinski definition) is 2. The smallest absolute Gasteiger partial charge is 0.306 e. The van der Waals surface area contributed by atoms with Crippen LogP contribution in [0.2, 0.25) is 0 Å². The molecule has 1 rings (SSSR count). The van der Waals surface area contributed by atoms with Gasteiger partial charge in [0.05, 0.1) is 12.0 Å². The van der Waals surface area contributed by atoms with Gasteiger partial charge in [0.25, 0.3) is 0 Å². The molecule has 0 bridgehead atoms. The van der Waals surface area contributed by atoms with Crippen LogP contribution in [0.4, 0.5) is 0 Å². The Morgan fingerprint density at radius 2 is 2.22 bits per heavy atom. The molecule has 1 saturated carbocycles. The van der Waals surface area contributed by atoms with Gasteiger partial charge in [-0.25, -0.2) is 13.1 Å². The third kappa shape index (κ3) is 3.43. The Morgan fingerprint density at radius 3 is 2.72 bits per heavy atom. The minimum Gasteiger partial charge on any atom is -0.481 e. The van der Waals surface area contributed by atoms with Crippen molar-refractivity contribution in [2.24, 2.45) is 11.8 Å². The van der Waals surface area contributed by atoms with Gasteiger partial charge in [-0.1, -0.05) is 13.3 Å². The lowest BCUT2D eigenvalue weighted by Gasteiger charge is -2.17. The second-order valence-electron chi connectivity index (χ2n) is 4.56. The van der Waals surface area contributed by atoms with E-state index >= 15 is 0 Å². The second-order valence-corrected chi connectivity index (χ2v) is 6.50. The highest BCUT2D eigenvalue weighted by Gasteiger charge is 2.34. The zero-order valence-electron chi connectivity index (χ0n) is 10.3.